The van der Waals surface area contributed by atoms with Crippen LogP contribution in [-0.2, 0) is 11.8 Å². The number of guanidine groups is 1. The zero-order chi connectivity index (χ0) is 18.2. The van der Waals surface area contributed by atoms with E-state index in [4.69, 9.17) is 9.73 Å². The number of aryl methyl sites for hydroxylation is 1. The van der Waals surface area contributed by atoms with Gasteiger partial charge in [-0.1, -0.05) is 0 Å². The number of hydrogen-bond acceptors (Lipinski definition) is 4. The summed E-state index contributed by atoms with van der Waals surface area (Å²) < 4.78 is 7.78. The molecule has 0 saturated carbocycles. The summed E-state index contributed by atoms with van der Waals surface area (Å²) >= 11 is 0. The van der Waals surface area contributed by atoms with Gasteiger partial charge < -0.3 is 19.9 Å². The lowest BCUT2D eigenvalue weighted by atomic mass is 10.1. The first-order valence-electron chi connectivity index (χ1n) is 10.1. The molecule has 1 atom stereocenters. The van der Waals surface area contributed by atoms with Crippen LogP contribution in [0.25, 0.3) is 0 Å². The summed E-state index contributed by atoms with van der Waals surface area (Å²) in [4.78, 5) is 9.77. The molecule has 7 nitrogen and oxygen atoms in total. The van der Waals surface area contributed by atoms with Gasteiger partial charge in [-0.2, -0.15) is 5.10 Å². The third kappa shape index (κ3) is 5.45. The fraction of sp³-hybridized carbons (Fsp3) is 0.789. The Kier molecular flexibility index (Phi) is 7.32. The molecule has 2 fully saturated rings. The maximum atomic E-state index is 5.95. The Balaban J connectivity index is 1.48. The van der Waals surface area contributed by atoms with Crippen molar-refractivity contribution in [3.8, 4) is 0 Å². The van der Waals surface area contributed by atoms with E-state index in [2.05, 4.69) is 27.1 Å². The summed E-state index contributed by atoms with van der Waals surface area (Å²) in [5, 5.41) is 7.72. The Morgan fingerprint density at radius 3 is 2.88 bits per heavy atom. The molecule has 2 aliphatic heterocycles. The minimum absolute atomic E-state index is 0.0662. The number of unbranched alkanes of at least 4 members (excludes halogenated alkanes) is 1. The average molecular weight is 363 g/mol. The van der Waals surface area contributed by atoms with Crippen LogP contribution >= 0.6 is 0 Å². The normalized spacial score (nSPS) is 22.2. The van der Waals surface area contributed by atoms with Crippen molar-refractivity contribution in [1.82, 2.24) is 24.9 Å². The van der Waals surface area contributed by atoms with E-state index in [1.54, 1.807) is 0 Å². The molecule has 2 saturated heterocycles. The van der Waals surface area contributed by atoms with Crippen molar-refractivity contribution in [2.45, 2.75) is 38.7 Å². The van der Waals surface area contributed by atoms with E-state index in [-0.39, 0.29) is 6.10 Å². The summed E-state index contributed by atoms with van der Waals surface area (Å²) in [5.41, 5.74) is 1.14. The van der Waals surface area contributed by atoms with Gasteiger partial charge in [-0.25, -0.2) is 0 Å². The third-order valence-electron chi connectivity index (χ3n) is 5.14. The number of aliphatic imine (C=N–C) groups is 1. The first-order valence-corrected chi connectivity index (χ1v) is 10.1. The number of likely N-dealkylation sites (tertiary alicyclic amines) is 1. The molecule has 1 N–H and O–H groups in total. The number of nitrogens with one attached hydrogen (secondary N) is 1. The Bertz CT molecular complexity index is 566. The lowest BCUT2D eigenvalue weighted by Crippen LogP contribution is -2.48. The van der Waals surface area contributed by atoms with Crippen LogP contribution in [0, 0.1) is 0 Å². The number of ether oxygens (including phenoxy) is 1. The van der Waals surface area contributed by atoms with Crippen LogP contribution in [0.15, 0.2) is 17.4 Å². The van der Waals surface area contributed by atoms with Gasteiger partial charge in [-0.3, -0.25) is 9.67 Å². The van der Waals surface area contributed by atoms with Crippen molar-refractivity contribution < 1.29 is 4.74 Å². The minimum atomic E-state index is 0.0662. The van der Waals surface area contributed by atoms with Crippen molar-refractivity contribution in [3.05, 3.63) is 18.0 Å². The first-order chi connectivity index (χ1) is 12.8. The highest BCUT2D eigenvalue weighted by Gasteiger charge is 2.25. The highest BCUT2D eigenvalue weighted by atomic mass is 16.5. The van der Waals surface area contributed by atoms with Gasteiger partial charge in [0, 0.05) is 38.4 Å². The molecule has 0 amide bonds. The van der Waals surface area contributed by atoms with Crippen LogP contribution in [0.2, 0.25) is 0 Å². The number of morpholine rings is 1. The molecule has 2 aliphatic rings. The van der Waals surface area contributed by atoms with Crippen LogP contribution < -0.4 is 5.32 Å². The zero-order valence-electron chi connectivity index (χ0n) is 16.4. The topological polar surface area (TPSA) is 57.9 Å². The molecule has 0 spiro atoms. The fourth-order valence-electron chi connectivity index (χ4n) is 3.71. The highest BCUT2D eigenvalue weighted by Crippen LogP contribution is 2.21. The number of aromatic nitrogens is 2. The fourth-order valence-corrected chi connectivity index (χ4v) is 3.71. The summed E-state index contributed by atoms with van der Waals surface area (Å²) in [6, 6.07) is 0. The second-order valence-electron chi connectivity index (χ2n) is 7.24. The molecule has 7 heteroatoms. The number of rotatable bonds is 7. The molecule has 0 bridgehead atoms. The molecule has 1 aromatic rings. The lowest BCUT2D eigenvalue weighted by Gasteiger charge is -2.34. The maximum absolute atomic E-state index is 5.95. The van der Waals surface area contributed by atoms with E-state index in [0.717, 1.165) is 50.7 Å². The molecule has 0 aromatic carbocycles. The van der Waals surface area contributed by atoms with Gasteiger partial charge in [0.15, 0.2) is 5.96 Å². The van der Waals surface area contributed by atoms with Crippen LogP contribution in [0.1, 0.15) is 44.3 Å². The Labute approximate surface area is 157 Å². The SMILES string of the molecule is CCNC(=NCCCCN1CCCC1)N1CCOC(c2cnn(C)c2)C1. The Morgan fingerprint density at radius 1 is 1.31 bits per heavy atom. The second-order valence-corrected chi connectivity index (χ2v) is 7.24. The van der Waals surface area contributed by atoms with Crippen molar-refractivity contribution in [3.63, 3.8) is 0 Å². The summed E-state index contributed by atoms with van der Waals surface area (Å²) in [6.07, 6.45) is 9.14. The number of nitrogens with zero attached hydrogens (tertiary/aromatic N) is 5. The maximum Gasteiger partial charge on any atom is 0.194 e. The summed E-state index contributed by atoms with van der Waals surface area (Å²) in [6.45, 7) is 10.1. The van der Waals surface area contributed by atoms with Crippen molar-refractivity contribution in [1.29, 1.82) is 0 Å². The van der Waals surface area contributed by atoms with E-state index >= 15 is 0 Å². The quantitative estimate of drug-likeness (QED) is 0.454. The molecule has 3 heterocycles. The zero-order valence-corrected chi connectivity index (χ0v) is 16.4. The molecule has 26 heavy (non-hydrogen) atoms. The predicted molar refractivity (Wildman–Crippen MR) is 104 cm³/mol. The molecular formula is C19H34N6O. The third-order valence-corrected chi connectivity index (χ3v) is 5.14. The summed E-state index contributed by atoms with van der Waals surface area (Å²) in [7, 11) is 1.94. The number of hydrogen-bond donors (Lipinski definition) is 1. The van der Waals surface area contributed by atoms with E-state index in [0.29, 0.717) is 0 Å². The Morgan fingerprint density at radius 2 is 2.15 bits per heavy atom. The van der Waals surface area contributed by atoms with Gasteiger partial charge in [-0.05, 0) is 52.2 Å². The lowest BCUT2D eigenvalue weighted by molar-refractivity contribution is -0.00804. The van der Waals surface area contributed by atoms with Crippen LogP contribution in [0.3, 0.4) is 0 Å². The van der Waals surface area contributed by atoms with Gasteiger partial charge in [0.25, 0.3) is 0 Å². The molecule has 146 valence electrons. The standard InChI is InChI=1S/C19H34N6O/c1-3-20-19(21-8-4-5-9-24-10-6-7-11-24)25-12-13-26-18(16-25)17-14-22-23(2)15-17/h14-15,18H,3-13,16H2,1-2H3,(H,20,21). The van der Waals surface area contributed by atoms with Crippen LogP contribution in [0.5, 0.6) is 0 Å². The molecule has 1 aromatic heterocycles. The smallest absolute Gasteiger partial charge is 0.194 e. The van der Waals surface area contributed by atoms with E-state index < -0.39 is 0 Å². The van der Waals surface area contributed by atoms with E-state index in [1.165, 1.54) is 38.9 Å². The van der Waals surface area contributed by atoms with Crippen LogP contribution in [-0.4, -0.2) is 78.0 Å². The average Bonchev–Trinajstić information content (AvgIpc) is 3.32. The molecule has 1 unspecified atom stereocenters. The Hall–Kier alpha value is -1.60. The largest absolute Gasteiger partial charge is 0.370 e. The van der Waals surface area contributed by atoms with Gasteiger partial charge in [-0.15, -0.1) is 0 Å². The van der Waals surface area contributed by atoms with Crippen molar-refractivity contribution in [2.24, 2.45) is 12.0 Å². The van der Waals surface area contributed by atoms with E-state index in [9.17, 15) is 0 Å². The molecule has 0 radical (unpaired) electrons. The van der Waals surface area contributed by atoms with Gasteiger partial charge in [0.1, 0.15) is 6.10 Å². The van der Waals surface area contributed by atoms with Gasteiger partial charge >= 0.3 is 0 Å². The monoisotopic (exact) mass is 362 g/mol. The van der Waals surface area contributed by atoms with Crippen molar-refractivity contribution in [2.75, 3.05) is 52.4 Å². The molecular weight excluding hydrogens is 328 g/mol. The first kappa shape index (κ1) is 19.2. The highest BCUT2D eigenvalue weighted by molar-refractivity contribution is 5.80. The van der Waals surface area contributed by atoms with Gasteiger partial charge in [0.2, 0.25) is 0 Å². The molecule has 3 rings (SSSR count). The second kappa shape index (κ2) is 9.92. The predicted octanol–water partition coefficient (Wildman–Crippen LogP) is 1.63. The van der Waals surface area contributed by atoms with Crippen LogP contribution in [0.4, 0.5) is 0 Å². The van der Waals surface area contributed by atoms with Gasteiger partial charge in [0.05, 0.1) is 19.3 Å². The summed E-state index contributed by atoms with van der Waals surface area (Å²) in [5.74, 6) is 1.02. The van der Waals surface area contributed by atoms with E-state index in [1.807, 2.05) is 24.1 Å². The molecule has 0 aliphatic carbocycles. The van der Waals surface area contributed by atoms with Crippen molar-refractivity contribution >= 4 is 5.96 Å². The minimum Gasteiger partial charge on any atom is -0.370 e.